The number of hydrogen-bond donors (Lipinski definition) is 0. The minimum Gasteiger partial charge on any atom is -0.342 e. The van der Waals surface area contributed by atoms with Crippen molar-refractivity contribution >= 4 is 5.91 Å². The Kier molecular flexibility index (Phi) is 4.51. The molecule has 0 unspecified atom stereocenters. The summed E-state index contributed by atoms with van der Waals surface area (Å²) >= 11 is 0. The molecule has 1 saturated heterocycles. The van der Waals surface area contributed by atoms with Crippen LogP contribution in [0.2, 0.25) is 0 Å². The predicted octanol–water partition coefficient (Wildman–Crippen LogP) is 1.84. The lowest BCUT2D eigenvalue weighted by Crippen LogP contribution is -2.39. The van der Waals surface area contributed by atoms with Crippen LogP contribution in [0, 0.1) is 5.92 Å². The molecule has 2 heterocycles. The molecule has 1 aliphatic rings. The molecule has 0 atom stereocenters. The first-order valence-corrected chi connectivity index (χ1v) is 7.87. The number of hydrogen-bond acceptors (Lipinski definition) is 3. The summed E-state index contributed by atoms with van der Waals surface area (Å²) in [7, 11) is 1.98. The van der Waals surface area contributed by atoms with E-state index in [0.717, 1.165) is 43.7 Å². The van der Waals surface area contributed by atoms with E-state index < -0.39 is 0 Å². The van der Waals surface area contributed by atoms with Gasteiger partial charge in [0.2, 0.25) is 5.91 Å². The maximum Gasteiger partial charge on any atom is 0.226 e. The number of piperidine rings is 1. The number of benzene rings is 1. The average Bonchev–Trinajstić information content (AvgIpc) is 2.94. The minimum absolute atomic E-state index is 0.239. The van der Waals surface area contributed by atoms with Crippen molar-refractivity contribution in [3.8, 4) is 0 Å². The molecule has 1 fully saturated rings. The molecule has 0 spiro atoms. The van der Waals surface area contributed by atoms with Crippen molar-refractivity contribution in [3.63, 3.8) is 0 Å². The van der Waals surface area contributed by atoms with Crippen LogP contribution in [-0.4, -0.2) is 38.7 Å². The summed E-state index contributed by atoms with van der Waals surface area (Å²) in [5, 5.41) is 8.08. The van der Waals surface area contributed by atoms with E-state index in [4.69, 9.17) is 0 Å². The molecule has 1 aromatic heterocycles. The van der Waals surface area contributed by atoms with Crippen molar-refractivity contribution in [2.24, 2.45) is 13.0 Å². The van der Waals surface area contributed by atoms with Gasteiger partial charge in [0.1, 0.15) is 12.2 Å². The molecule has 5 nitrogen and oxygen atoms in total. The van der Waals surface area contributed by atoms with Crippen LogP contribution in [-0.2, 0) is 24.7 Å². The quantitative estimate of drug-likeness (QED) is 0.865. The van der Waals surface area contributed by atoms with Gasteiger partial charge in [0.25, 0.3) is 0 Å². The maximum absolute atomic E-state index is 12.3. The van der Waals surface area contributed by atoms with Crippen LogP contribution in [0.5, 0.6) is 0 Å². The fourth-order valence-corrected chi connectivity index (χ4v) is 3.02. The molecule has 0 aliphatic carbocycles. The summed E-state index contributed by atoms with van der Waals surface area (Å²) < 4.78 is 1.98. The van der Waals surface area contributed by atoms with E-state index >= 15 is 0 Å². The molecule has 5 heteroatoms. The Morgan fingerprint density at radius 3 is 2.59 bits per heavy atom. The van der Waals surface area contributed by atoms with Crippen LogP contribution >= 0.6 is 0 Å². The van der Waals surface area contributed by atoms with Crippen molar-refractivity contribution in [1.82, 2.24) is 19.7 Å². The largest absolute Gasteiger partial charge is 0.342 e. The van der Waals surface area contributed by atoms with Gasteiger partial charge in [-0.15, -0.1) is 10.2 Å². The standard InChI is InChI=1S/C17H22N4O/c1-20-13-18-19-16(20)11-15-7-9-21(10-8-15)17(22)12-14-5-3-2-4-6-14/h2-6,13,15H,7-12H2,1H3. The van der Waals surface area contributed by atoms with Gasteiger partial charge in [-0.1, -0.05) is 30.3 Å². The predicted molar refractivity (Wildman–Crippen MR) is 84.2 cm³/mol. The van der Waals surface area contributed by atoms with Gasteiger partial charge in [-0.25, -0.2) is 0 Å². The molecule has 1 aliphatic heterocycles. The number of aromatic nitrogens is 3. The van der Waals surface area contributed by atoms with Gasteiger partial charge in [-0.05, 0) is 24.3 Å². The van der Waals surface area contributed by atoms with Crippen LogP contribution in [0.3, 0.4) is 0 Å². The van der Waals surface area contributed by atoms with Crippen molar-refractivity contribution < 1.29 is 4.79 Å². The van der Waals surface area contributed by atoms with Gasteiger partial charge in [0, 0.05) is 26.6 Å². The normalized spacial score (nSPS) is 16.0. The van der Waals surface area contributed by atoms with Crippen LogP contribution < -0.4 is 0 Å². The Balaban J connectivity index is 1.49. The summed E-state index contributed by atoms with van der Waals surface area (Å²) in [5.41, 5.74) is 1.09. The molecule has 3 rings (SSSR count). The van der Waals surface area contributed by atoms with E-state index in [9.17, 15) is 4.79 Å². The van der Waals surface area contributed by atoms with Gasteiger partial charge in [0.05, 0.1) is 6.42 Å². The maximum atomic E-state index is 12.3. The molecule has 1 aromatic carbocycles. The molecule has 0 N–H and O–H groups in total. The third kappa shape index (κ3) is 3.53. The second-order valence-corrected chi connectivity index (χ2v) is 6.05. The lowest BCUT2D eigenvalue weighted by atomic mass is 9.93. The highest BCUT2D eigenvalue weighted by atomic mass is 16.2. The Morgan fingerprint density at radius 2 is 1.95 bits per heavy atom. The molecule has 1 amide bonds. The van der Waals surface area contributed by atoms with Crippen molar-refractivity contribution in [3.05, 3.63) is 48.0 Å². The van der Waals surface area contributed by atoms with Crippen molar-refractivity contribution in [1.29, 1.82) is 0 Å². The van der Waals surface area contributed by atoms with E-state index in [2.05, 4.69) is 10.2 Å². The molecule has 22 heavy (non-hydrogen) atoms. The number of nitrogens with zero attached hydrogens (tertiary/aromatic N) is 4. The summed E-state index contributed by atoms with van der Waals surface area (Å²) in [5.74, 6) is 1.88. The third-order valence-corrected chi connectivity index (χ3v) is 4.44. The summed E-state index contributed by atoms with van der Waals surface area (Å²) in [6.07, 6.45) is 5.31. The molecule has 116 valence electrons. The summed E-state index contributed by atoms with van der Waals surface area (Å²) in [6.45, 7) is 1.71. The van der Waals surface area contributed by atoms with Gasteiger partial charge >= 0.3 is 0 Å². The Labute approximate surface area is 131 Å². The highest BCUT2D eigenvalue weighted by molar-refractivity contribution is 5.78. The first-order chi connectivity index (χ1) is 10.7. The van der Waals surface area contributed by atoms with Crippen LogP contribution in [0.25, 0.3) is 0 Å². The zero-order valence-corrected chi connectivity index (χ0v) is 13.0. The van der Waals surface area contributed by atoms with Gasteiger partial charge in [0.15, 0.2) is 0 Å². The molecular weight excluding hydrogens is 276 g/mol. The van der Waals surface area contributed by atoms with E-state index in [0.29, 0.717) is 12.3 Å². The molecule has 0 saturated carbocycles. The van der Waals surface area contributed by atoms with Crippen LogP contribution in [0.1, 0.15) is 24.2 Å². The lowest BCUT2D eigenvalue weighted by molar-refractivity contribution is -0.131. The summed E-state index contributed by atoms with van der Waals surface area (Å²) in [4.78, 5) is 14.3. The first kappa shape index (κ1) is 14.8. The number of rotatable bonds is 4. The third-order valence-electron chi connectivity index (χ3n) is 4.44. The number of carbonyl (C=O) groups excluding carboxylic acids is 1. The smallest absolute Gasteiger partial charge is 0.226 e. The molecule has 0 radical (unpaired) electrons. The topological polar surface area (TPSA) is 51.0 Å². The van der Waals surface area contributed by atoms with Crippen LogP contribution in [0.4, 0.5) is 0 Å². The van der Waals surface area contributed by atoms with Crippen LogP contribution in [0.15, 0.2) is 36.7 Å². The fourth-order valence-electron chi connectivity index (χ4n) is 3.02. The highest BCUT2D eigenvalue weighted by Gasteiger charge is 2.23. The van der Waals surface area contributed by atoms with Gasteiger partial charge < -0.3 is 9.47 Å². The Hall–Kier alpha value is -2.17. The second-order valence-electron chi connectivity index (χ2n) is 6.05. The lowest BCUT2D eigenvalue weighted by Gasteiger charge is -2.32. The SMILES string of the molecule is Cn1cnnc1CC1CCN(C(=O)Cc2ccccc2)CC1. The Bertz CT molecular complexity index is 615. The van der Waals surface area contributed by atoms with E-state index in [1.54, 1.807) is 6.33 Å². The van der Waals surface area contributed by atoms with E-state index in [1.807, 2.05) is 46.8 Å². The molecule has 2 aromatic rings. The first-order valence-electron chi connectivity index (χ1n) is 7.87. The van der Waals surface area contributed by atoms with E-state index in [1.165, 1.54) is 0 Å². The number of amides is 1. The number of likely N-dealkylation sites (tertiary alicyclic amines) is 1. The van der Waals surface area contributed by atoms with Gasteiger partial charge in [-0.3, -0.25) is 4.79 Å². The van der Waals surface area contributed by atoms with Crippen molar-refractivity contribution in [2.45, 2.75) is 25.7 Å². The highest BCUT2D eigenvalue weighted by Crippen LogP contribution is 2.21. The molecule has 0 bridgehead atoms. The van der Waals surface area contributed by atoms with Crippen molar-refractivity contribution in [2.75, 3.05) is 13.1 Å². The van der Waals surface area contributed by atoms with Gasteiger partial charge in [-0.2, -0.15) is 0 Å². The van der Waals surface area contributed by atoms with E-state index in [-0.39, 0.29) is 5.91 Å². The molecular formula is C17H22N4O. The fraction of sp³-hybridized carbons (Fsp3) is 0.471. The average molecular weight is 298 g/mol. The number of carbonyl (C=O) groups is 1. The summed E-state index contributed by atoms with van der Waals surface area (Å²) in [6, 6.07) is 9.97. The minimum atomic E-state index is 0.239. The zero-order valence-electron chi connectivity index (χ0n) is 13.0. The zero-order chi connectivity index (χ0) is 15.4. The second kappa shape index (κ2) is 6.73. The monoisotopic (exact) mass is 298 g/mol. The Morgan fingerprint density at radius 1 is 1.23 bits per heavy atom. The number of aryl methyl sites for hydroxylation is 1.